The molecular weight excluding hydrogens is 522 g/mol. The molecule has 0 aliphatic rings. The lowest BCUT2D eigenvalue weighted by Gasteiger charge is -2.51. The average molecular weight is 566 g/mol. The molecule has 2 N–H and O–H groups in total. The highest BCUT2D eigenvalue weighted by molar-refractivity contribution is 8.34. The molecule has 0 spiro atoms. The van der Waals surface area contributed by atoms with Crippen molar-refractivity contribution in [2.45, 2.75) is 81.1 Å². The number of hydrogen-bond donors (Lipinski definition) is 2. The van der Waals surface area contributed by atoms with Gasteiger partial charge in [0.2, 0.25) is 0 Å². The maximum absolute atomic E-state index is 12.1. The molecule has 0 aromatic heterocycles. The zero-order valence-electron chi connectivity index (χ0n) is 24.7. The zero-order valence-corrected chi connectivity index (χ0v) is 25.5. The van der Waals surface area contributed by atoms with Crippen molar-refractivity contribution in [1.82, 2.24) is 5.32 Å². The average Bonchev–Trinajstić information content (AvgIpc) is 2.86. The lowest BCUT2D eigenvalue weighted by Crippen LogP contribution is -2.44. The van der Waals surface area contributed by atoms with Crippen molar-refractivity contribution in [2.24, 2.45) is 0 Å². The lowest BCUT2D eigenvalue weighted by molar-refractivity contribution is -0.139. The van der Waals surface area contributed by atoms with Crippen LogP contribution < -0.4 is 10.1 Å². The van der Waals surface area contributed by atoms with Crippen LogP contribution in [0.1, 0.15) is 52.7 Å². The first-order valence-corrected chi connectivity index (χ1v) is 15.4. The van der Waals surface area contributed by atoms with Gasteiger partial charge in [0.15, 0.2) is 0 Å². The fourth-order valence-corrected chi connectivity index (χ4v) is 9.20. The van der Waals surface area contributed by atoms with E-state index in [-0.39, 0.29) is 11.2 Å². The standard InChI is InChI=1S/C33H43NO5S/c1-24-22-25(23-28(30(35)36)34-31(37)39-32(2,3)4)18-19-29(24)38-20-21-40(33(5,6)7,26-14-10-8-11-15-26)27-16-12-9-13-17-27/h8-19,22,28H,20-21,23H2,1-7H3,(H,34,37)(H,35,36)/t28-/m1/s1. The molecular formula is C33H43NO5S. The number of nitrogens with one attached hydrogen (secondary N) is 1. The van der Waals surface area contributed by atoms with Crippen molar-refractivity contribution >= 4 is 22.1 Å². The molecule has 3 aromatic rings. The summed E-state index contributed by atoms with van der Waals surface area (Å²) in [6.45, 7) is 14.6. The third-order valence-electron chi connectivity index (χ3n) is 6.65. The summed E-state index contributed by atoms with van der Waals surface area (Å²) >= 11 is 0. The Kier molecular flexibility index (Phi) is 9.96. The monoisotopic (exact) mass is 565 g/mol. The van der Waals surface area contributed by atoms with Crippen LogP contribution in [0.3, 0.4) is 0 Å². The minimum atomic E-state index is -1.45. The number of aliphatic carboxylic acids is 1. The second-order valence-corrected chi connectivity index (χ2v) is 15.9. The van der Waals surface area contributed by atoms with Gasteiger partial charge in [-0.25, -0.2) is 9.59 Å². The van der Waals surface area contributed by atoms with Crippen molar-refractivity contribution in [2.75, 3.05) is 12.4 Å². The van der Waals surface area contributed by atoms with Gasteiger partial charge in [-0.3, -0.25) is 0 Å². The van der Waals surface area contributed by atoms with Gasteiger partial charge in [-0.15, -0.1) is 0 Å². The largest absolute Gasteiger partial charge is 0.492 e. The molecule has 40 heavy (non-hydrogen) atoms. The Bertz CT molecular complexity index is 1240. The van der Waals surface area contributed by atoms with Crippen LogP contribution >= 0.6 is 10.0 Å². The van der Waals surface area contributed by atoms with E-state index in [1.165, 1.54) is 9.79 Å². The lowest BCUT2D eigenvalue weighted by atomic mass is 10.0. The molecule has 216 valence electrons. The Balaban J connectivity index is 1.78. The molecule has 3 rings (SSSR count). The molecule has 7 heteroatoms. The number of ether oxygens (including phenoxy) is 2. The predicted octanol–water partition coefficient (Wildman–Crippen LogP) is 7.62. The molecule has 0 fully saturated rings. The van der Waals surface area contributed by atoms with Crippen LogP contribution in [0, 0.1) is 6.92 Å². The smallest absolute Gasteiger partial charge is 0.408 e. The predicted molar refractivity (Wildman–Crippen MR) is 163 cm³/mol. The van der Waals surface area contributed by atoms with E-state index in [0.717, 1.165) is 22.6 Å². The van der Waals surface area contributed by atoms with Crippen LogP contribution in [-0.2, 0) is 16.0 Å². The normalized spacial score (nSPS) is 13.3. The minimum absolute atomic E-state index is 0.00898. The van der Waals surface area contributed by atoms with Crippen molar-refractivity contribution in [3.05, 3.63) is 90.0 Å². The van der Waals surface area contributed by atoms with Crippen molar-refractivity contribution < 1.29 is 24.2 Å². The molecule has 6 nitrogen and oxygen atoms in total. The van der Waals surface area contributed by atoms with Crippen LogP contribution in [0.2, 0.25) is 0 Å². The molecule has 0 aliphatic carbocycles. The van der Waals surface area contributed by atoms with Crippen LogP contribution in [0.25, 0.3) is 0 Å². The van der Waals surface area contributed by atoms with Crippen molar-refractivity contribution in [3.8, 4) is 5.75 Å². The van der Waals surface area contributed by atoms with Gasteiger partial charge >= 0.3 is 12.1 Å². The zero-order chi connectivity index (χ0) is 29.6. The first-order chi connectivity index (χ1) is 18.7. The van der Waals surface area contributed by atoms with Crippen LogP contribution in [0.15, 0.2) is 88.7 Å². The summed E-state index contributed by atoms with van der Waals surface area (Å²) in [5, 5.41) is 12.1. The van der Waals surface area contributed by atoms with E-state index in [9.17, 15) is 14.7 Å². The second kappa shape index (κ2) is 12.8. The number of carboxylic acids is 1. The molecule has 0 bridgehead atoms. The first-order valence-electron chi connectivity index (χ1n) is 13.6. The first kappa shape index (κ1) is 31.1. The molecule has 0 heterocycles. The third-order valence-corrected chi connectivity index (χ3v) is 11.7. The Morgan fingerprint density at radius 1 is 0.875 bits per heavy atom. The van der Waals surface area contributed by atoms with E-state index in [1.54, 1.807) is 20.8 Å². The summed E-state index contributed by atoms with van der Waals surface area (Å²) < 4.78 is 11.6. The minimum Gasteiger partial charge on any atom is -0.492 e. The van der Waals surface area contributed by atoms with Gasteiger partial charge in [0.25, 0.3) is 0 Å². The molecule has 3 aromatic carbocycles. The number of carbonyl (C=O) groups is 2. The van der Waals surface area contributed by atoms with Gasteiger partial charge in [0, 0.05) is 12.2 Å². The summed E-state index contributed by atoms with van der Waals surface area (Å²) in [6, 6.07) is 26.0. The van der Waals surface area contributed by atoms with Crippen LogP contribution in [0.5, 0.6) is 5.75 Å². The molecule has 0 unspecified atom stereocenters. The van der Waals surface area contributed by atoms with E-state index in [4.69, 9.17) is 9.47 Å². The number of benzene rings is 3. The van der Waals surface area contributed by atoms with E-state index in [1.807, 2.05) is 25.1 Å². The SMILES string of the molecule is Cc1cc(C[C@@H](NC(=O)OC(C)(C)C)C(=O)O)ccc1OCCS(c1ccccc1)(c1ccccc1)C(C)(C)C. The molecule has 0 radical (unpaired) electrons. The van der Waals surface area contributed by atoms with Gasteiger partial charge in [0.05, 0.1) is 6.61 Å². The highest BCUT2D eigenvalue weighted by Crippen LogP contribution is 2.70. The fraction of sp³-hybridized carbons (Fsp3) is 0.394. The molecule has 0 aliphatic heterocycles. The third kappa shape index (κ3) is 7.81. The Hall–Kier alpha value is -3.45. The summed E-state index contributed by atoms with van der Waals surface area (Å²) in [5.74, 6) is 0.498. The number of alkyl carbamates (subject to hydrolysis) is 1. The number of rotatable bonds is 10. The van der Waals surface area contributed by atoms with Gasteiger partial charge < -0.3 is 19.9 Å². The number of hydrogen-bond acceptors (Lipinski definition) is 4. The summed E-state index contributed by atoms with van der Waals surface area (Å²) in [7, 11) is -1.45. The maximum atomic E-state index is 12.1. The molecule has 1 atom stereocenters. The van der Waals surface area contributed by atoms with Crippen LogP contribution in [-0.4, -0.2) is 45.9 Å². The highest BCUT2D eigenvalue weighted by Gasteiger charge is 2.39. The topological polar surface area (TPSA) is 84.9 Å². The van der Waals surface area contributed by atoms with E-state index >= 15 is 0 Å². The van der Waals surface area contributed by atoms with E-state index < -0.39 is 33.7 Å². The quantitative estimate of drug-likeness (QED) is 0.264. The van der Waals surface area contributed by atoms with E-state index in [0.29, 0.717) is 6.61 Å². The van der Waals surface area contributed by atoms with Gasteiger partial charge in [-0.05, 0) is 83.7 Å². The molecule has 0 saturated heterocycles. The van der Waals surface area contributed by atoms with Crippen molar-refractivity contribution in [3.63, 3.8) is 0 Å². The summed E-state index contributed by atoms with van der Waals surface area (Å²) in [4.78, 5) is 26.6. The maximum Gasteiger partial charge on any atom is 0.408 e. The second-order valence-electron chi connectivity index (χ2n) is 11.9. The Morgan fingerprint density at radius 2 is 1.43 bits per heavy atom. The van der Waals surface area contributed by atoms with Gasteiger partial charge in [-0.2, -0.15) is 10.0 Å². The fourth-order valence-electron chi connectivity index (χ4n) is 4.85. The number of carbonyl (C=O) groups excluding carboxylic acids is 1. The van der Waals surface area contributed by atoms with Crippen LogP contribution in [0.4, 0.5) is 4.79 Å². The number of carboxylic acid groups (broad SMARTS) is 1. The van der Waals surface area contributed by atoms with Gasteiger partial charge in [-0.1, -0.05) is 69.3 Å². The Morgan fingerprint density at radius 3 is 1.88 bits per heavy atom. The molecule has 0 saturated carbocycles. The van der Waals surface area contributed by atoms with Gasteiger partial charge in [0.1, 0.15) is 17.4 Å². The summed E-state index contributed by atoms with van der Waals surface area (Å²) in [5.41, 5.74) is 0.988. The number of aryl methyl sites for hydroxylation is 1. The number of amides is 1. The molecule has 1 amide bonds. The highest BCUT2D eigenvalue weighted by atomic mass is 32.3. The Labute approximate surface area is 240 Å². The van der Waals surface area contributed by atoms with E-state index in [2.05, 4.69) is 86.8 Å². The van der Waals surface area contributed by atoms with Crippen molar-refractivity contribution in [1.29, 1.82) is 0 Å². The summed E-state index contributed by atoms with van der Waals surface area (Å²) in [6.07, 6.45) is -0.618.